The van der Waals surface area contributed by atoms with Crippen LogP contribution in [-0.4, -0.2) is 34.6 Å². The van der Waals surface area contributed by atoms with Crippen LogP contribution in [0.3, 0.4) is 0 Å². The molecular formula is C24H26BrN3O4. The van der Waals surface area contributed by atoms with Gasteiger partial charge in [-0.3, -0.25) is 4.79 Å². The van der Waals surface area contributed by atoms with Gasteiger partial charge in [0.25, 0.3) is 5.56 Å². The third-order valence-electron chi connectivity index (χ3n) is 4.74. The third kappa shape index (κ3) is 5.82. The molecule has 3 aromatic rings. The van der Waals surface area contributed by atoms with Crippen LogP contribution in [0.5, 0.6) is 5.75 Å². The van der Waals surface area contributed by atoms with Crippen LogP contribution in [0.1, 0.15) is 45.0 Å². The van der Waals surface area contributed by atoms with Gasteiger partial charge in [0.1, 0.15) is 11.6 Å². The summed E-state index contributed by atoms with van der Waals surface area (Å²) in [5.41, 5.74) is 1.15. The number of unbranched alkanes of at least 4 members (excludes halogenated alkanes) is 1. The van der Waals surface area contributed by atoms with E-state index in [1.807, 2.05) is 18.2 Å². The fourth-order valence-electron chi connectivity index (χ4n) is 3.11. The topological polar surface area (TPSA) is 82.8 Å². The maximum Gasteiger partial charge on any atom is 0.347 e. The number of benzene rings is 2. The van der Waals surface area contributed by atoms with E-state index < -0.39 is 12.1 Å². The van der Waals surface area contributed by atoms with E-state index in [1.165, 1.54) is 4.68 Å². The first-order valence-corrected chi connectivity index (χ1v) is 11.4. The van der Waals surface area contributed by atoms with Crippen molar-refractivity contribution in [2.24, 2.45) is 5.10 Å². The molecule has 0 radical (unpaired) electrons. The van der Waals surface area contributed by atoms with Crippen LogP contribution in [0.25, 0.3) is 10.9 Å². The van der Waals surface area contributed by atoms with Crippen molar-refractivity contribution in [3.63, 3.8) is 0 Å². The van der Waals surface area contributed by atoms with E-state index in [2.05, 4.69) is 32.9 Å². The maximum absolute atomic E-state index is 13.1. The molecule has 1 heterocycles. The Kier molecular flexibility index (Phi) is 8.16. The minimum absolute atomic E-state index is 0.220. The minimum Gasteiger partial charge on any atom is -0.479 e. The van der Waals surface area contributed by atoms with E-state index in [1.54, 1.807) is 44.3 Å². The number of ether oxygens (including phenoxy) is 2. The zero-order valence-electron chi connectivity index (χ0n) is 18.4. The van der Waals surface area contributed by atoms with Gasteiger partial charge in [0.2, 0.25) is 0 Å². The zero-order chi connectivity index (χ0) is 23.1. The van der Waals surface area contributed by atoms with Crippen molar-refractivity contribution < 1.29 is 14.3 Å². The first-order valence-electron chi connectivity index (χ1n) is 10.6. The molecule has 0 saturated heterocycles. The summed E-state index contributed by atoms with van der Waals surface area (Å²) in [7, 11) is 0. The second-order valence-electron chi connectivity index (χ2n) is 7.24. The Hall–Kier alpha value is -3.00. The molecule has 168 valence electrons. The van der Waals surface area contributed by atoms with Crippen LogP contribution in [0.4, 0.5) is 0 Å². The number of rotatable bonds is 9. The molecule has 0 aliphatic carbocycles. The van der Waals surface area contributed by atoms with Crippen LogP contribution in [-0.2, 0) is 16.0 Å². The molecule has 1 atom stereocenters. The van der Waals surface area contributed by atoms with Gasteiger partial charge in [-0.15, -0.1) is 0 Å². The summed E-state index contributed by atoms with van der Waals surface area (Å²) < 4.78 is 12.8. The monoisotopic (exact) mass is 499 g/mol. The van der Waals surface area contributed by atoms with Crippen molar-refractivity contribution in [1.29, 1.82) is 0 Å². The second kappa shape index (κ2) is 11.0. The smallest absolute Gasteiger partial charge is 0.347 e. The average Bonchev–Trinajstić information content (AvgIpc) is 2.78. The highest BCUT2D eigenvalue weighted by atomic mass is 79.9. The lowest BCUT2D eigenvalue weighted by atomic mass is 10.2. The fraction of sp³-hybridized carbons (Fsp3) is 0.333. The Morgan fingerprint density at radius 3 is 2.81 bits per heavy atom. The van der Waals surface area contributed by atoms with E-state index >= 15 is 0 Å². The van der Waals surface area contributed by atoms with Gasteiger partial charge in [0, 0.05) is 10.9 Å². The van der Waals surface area contributed by atoms with Crippen LogP contribution in [0.15, 0.2) is 56.8 Å². The second-order valence-corrected chi connectivity index (χ2v) is 8.15. The first kappa shape index (κ1) is 23.7. The predicted molar refractivity (Wildman–Crippen MR) is 128 cm³/mol. The molecule has 0 fully saturated rings. The molecule has 3 rings (SSSR count). The highest BCUT2D eigenvalue weighted by Crippen LogP contribution is 2.17. The highest BCUT2D eigenvalue weighted by molar-refractivity contribution is 9.10. The number of esters is 1. The molecule has 1 aromatic heterocycles. The summed E-state index contributed by atoms with van der Waals surface area (Å²) in [6, 6.07) is 12.6. The minimum atomic E-state index is -0.728. The number of hydrogen-bond acceptors (Lipinski definition) is 6. The highest BCUT2D eigenvalue weighted by Gasteiger charge is 2.15. The van der Waals surface area contributed by atoms with Gasteiger partial charge in [-0.05, 0) is 56.2 Å². The number of carbonyl (C=O) groups excluding carboxylic acids is 1. The molecule has 0 unspecified atom stereocenters. The summed E-state index contributed by atoms with van der Waals surface area (Å²) in [6.07, 6.45) is 3.39. The Morgan fingerprint density at radius 1 is 1.25 bits per heavy atom. The molecular weight excluding hydrogens is 474 g/mol. The predicted octanol–water partition coefficient (Wildman–Crippen LogP) is 4.71. The van der Waals surface area contributed by atoms with Gasteiger partial charge < -0.3 is 9.47 Å². The number of aryl methyl sites for hydroxylation is 1. The Balaban J connectivity index is 1.93. The van der Waals surface area contributed by atoms with E-state index in [9.17, 15) is 9.59 Å². The largest absolute Gasteiger partial charge is 0.479 e. The summed E-state index contributed by atoms with van der Waals surface area (Å²) >= 11 is 3.41. The standard InChI is InChI=1S/C24H26BrN3O4/c1-4-6-10-22-27-21-12-11-18(25)14-20(21)23(29)28(22)26-15-17-8-7-9-19(13-17)32-16(3)24(30)31-5-2/h7-9,11-16H,4-6,10H2,1-3H3/t16-/m0/s1. The molecule has 7 nitrogen and oxygen atoms in total. The molecule has 0 amide bonds. The number of hydrogen-bond donors (Lipinski definition) is 0. The summed E-state index contributed by atoms with van der Waals surface area (Å²) in [5.74, 6) is 0.701. The van der Waals surface area contributed by atoms with Gasteiger partial charge in [-0.2, -0.15) is 9.78 Å². The lowest BCUT2D eigenvalue weighted by Gasteiger charge is -2.13. The maximum atomic E-state index is 13.1. The third-order valence-corrected chi connectivity index (χ3v) is 5.23. The molecule has 0 spiro atoms. The molecule has 0 aliphatic heterocycles. The van der Waals surface area contributed by atoms with Crippen molar-refractivity contribution in [2.75, 3.05) is 6.61 Å². The number of fused-ring (bicyclic) bond motifs is 1. The van der Waals surface area contributed by atoms with E-state index in [0.29, 0.717) is 35.5 Å². The fourth-order valence-corrected chi connectivity index (χ4v) is 3.48. The zero-order valence-corrected chi connectivity index (χ0v) is 20.0. The van der Waals surface area contributed by atoms with Crippen LogP contribution in [0, 0.1) is 0 Å². The first-order chi connectivity index (χ1) is 15.4. The molecule has 2 aromatic carbocycles. The lowest BCUT2D eigenvalue weighted by molar-refractivity contribution is -0.150. The van der Waals surface area contributed by atoms with Crippen LogP contribution >= 0.6 is 15.9 Å². The van der Waals surface area contributed by atoms with Gasteiger partial charge in [-0.25, -0.2) is 9.78 Å². The lowest BCUT2D eigenvalue weighted by Crippen LogP contribution is -2.26. The number of halogens is 1. The van der Waals surface area contributed by atoms with Crippen LogP contribution in [0.2, 0.25) is 0 Å². The molecule has 0 N–H and O–H groups in total. The molecule has 32 heavy (non-hydrogen) atoms. The number of nitrogens with zero attached hydrogens (tertiary/aromatic N) is 3. The normalized spacial score (nSPS) is 12.2. The average molecular weight is 500 g/mol. The number of aromatic nitrogens is 2. The molecule has 0 aliphatic rings. The SMILES string of the molecule is CCCCc1nc2ccc(Br)cc2c(=O)n1N=Cc1cccc(O[C@@H](C)C(=O)OCC)c1. The van der Waals surface area contributed by atoms with Gasteiger partial charge in [0.15, 0.2) is 6.10 Å². The van der Waals surface area contributed by atoms with Gasteiger partial charge in [-0.1, -0.05) is 41.4 Å². The quantitative estimate of drug-likeness (QED) is 0.314. The summed E-state index contributed by atoms with van der Waals surface area (Å²) in [5, 5.41) is 4.94. The van der Waals surface area contributed by atoms with Crippen LogP contribution < -0.4 is 10.3 Å². The van der Waals surface area contributed by atoms with Crippen molar-refractivity contribution in [3.8, 4) is 5.75 Å². The Morgan fingerprint density at radius 2 is 2.06 bits per heavy atom. The van der Waals surface area contributed by atoms with Crippen molar-refractivity contribution in [2.45, 2.75) is 46.1 Å². The van der Waals surface area contributed by atoms with Crippen molar-refractivity contribution >= 4 is 39.0 Å². The summed E-state index contributed by atoms with van der Waals surface area (Å²) in [6.45, 7) is 5.77. The summed E-state index contributed by atoms with van der Waals surface area (Å²) in [4.78, 5) is 29.6. The van der Waals surface area contributed by atoms with Crippen molar-refractivity contribution in [3.05, 3.63) is 68.7 Å². The molecule has 8 heteroatoms. The Labute approximate surface area is 195 Å². The van der Waals surface area contributed by atoms with E-state index in [4.69, 9.17) is 9.47 Å². The van der Waals surface area contributed by atoms with E-state index in [-0.39, 0.29) is 5.56 Å². The van der Waals surface area contributed by atoms with Gasteiger partial charge >= 0.3 is 5.97 Å². The Bertz CT molecular complexity index is 1190. The number of carbonyl (C=O) groups is 1. The van der Waals surface area contributed by atoms with E-state index in [0.717, 1.165) is 22.9 Å². The van der Waals surface area contributed by atoms with Gasteiger partial charge in [0.05, 0.1) is 23.7 Å². The van der Waals surface area contributed by atoms with Crippen molar-refractivity contribution in [1.82, 2.24) is 9.66 Å². The molecule has 0 saturated carbocycles. The molecule has 0 bridgehead atoms.